The molecule has 0 aliphatic carbocycles. The number of hydrogen-bond acceptors (Lipinski definition) is 3. The fourth-order valence-electron chi connectivity index (χ4n) is 2.18. The Hall–Kier alpha value is -2.36. The van der Waals surface area contributed by atoms with Gasteiger partial charge in [0.1, 0.15) is 0 Å². The highest BCUT2D eigenvalue weighted by Crippen LogP contribution is 2.20. The maximum absolute atomic E-state index is 12.8. The second-order valence-electron chi connectivity index (χ2n) is 4.73. The third-order valence-corrected chi connectivity index (χ3v) is 3.25. The molecule has 0 unspecified atom stereocenters. The zero-order valence-corrected chi connectivity index (χ0v) is 12.5. The highest BCUT2D eigenvalue weighted by molar-refractivity contribution is 6.09. The zero-order chi connectivity index (χ0) is 15.1. The van der Waals surface area contributed by atoms with Gasteiger partial charge in [-0.05, 0) is 31.5 Å². The highest BCUT2D eigenvalue weighted by Gasteiger charge is 2.18. The van der Waals surface area contributed by atoms with Crippen molar-refractivity contribution in [2.24, 2.45) is 0 Å². The van der Waals surface area contributed by atoms with E-state index in [-0.39, 0.29) is 5.91 Å². The molecule has 1 aromatic heterocycles. The molecule has 0 aliphatic rings. The van der Waals surface area contributed by atoms with Crippen molar-refractivity contribution < 1.29 is 4.79 Å². The van der Waals surface area contributed by atoms with E-state index in [0.29, 0.717) is 12.1 Å². The van der Waals surface area contributed by atoms with Crippen LogP contribution in [0.3, 0.4) is 0 Å². The molecule has 0 bridgehead atoms. The molecule has 0 saturated heterocycles. The maximum Gasteiger partial charge on any atom is 0.260 e. The smallest absolute Gasteiger partial charge is 0.260 e. The normalized spacial score (nSPS) is 10.2. The van der Waals surface area contributed by atoms with Gasteiger partial charge in [0, 0.05) is 25.0 Å². The quantitative estimate of drug-likeness (QED) is 0.881. The summed E-state index contributed by atoms with van der Waals surface area (Å²) in [6.07, 6.45) is 4.36. The van der Waals surface area contributed by atoms with E-state index in [1.807, 2.05) is 37.3 Å². The van der Waals surface area contributed by atoms with Crippen LogP contribution in [0.2, 0.25) is 0 Å². The number of benzene rings is 1. The van der Waals surface area contributed by atoms with Gasteiger partial charge in [-0.1, -0.05) is 25.1 Å². The molecule has 110 valence electrons. The summed E-state index contributed by atoms with van der Waals surface area (Å²) in [5.41, 5.74) is 2.35. The number of carbonyl (C=O) groups excluding carboxylic acids is 1. The Morgan fingerprint density at radius 2 is 1.95 bits per heavy atom. The first kappa shape index (κ1) is 15.0. The predicted molar refractivity (Wildman–Crippen MR) is 86.8 cm³/mol. The van der Waals surface area contributed by atoms with Crippen LogP contribution in [0.15, 0.2) is 48.8 Å². The molecule has 21 heavy (non-hydrogen) atoms. The molecule has 1 aromatic carbocycles. The number of nitrogens with one attached hydrogen (secondary N) is 1. The van der Waals surface area contributed by atoms with Gasteiger partial charge in [-0.25, -0.2) is 0 Å². The number of para-hydroxylation sites is 1. The molecular formula is C17H21N3O. The summed E-state index contributed by atoms with van der Waals surface area (Å²) < 4.78 is 0. The van der Waals surface area contributed by atoms with Gasteiger partial charge >= 0.3 is 0 Å². The van der Waals surface area contributed by atoms with Crippen molar-refractivity contribution >= 4 is 17.3 Å². The minimum absolute atomic E-state index is 0.00953. The second-order valence-corrected chi connectivity index (χ2v) is 4.73. The monoisotopic (exact) mass is 283 g/mol. The van der Waals surface area contributed by atoms with Crippen molar-refractivity contribution in [3.63, 3.8) is 0 Å². The van der Waals surface area contributed by atoms with Gasteiger partial charge in [0.05, 0.1) is 17.4 Å². The van der Waals surface area contributed by atoms with E-state index in [1.54, 1.807) is 23.4 Å². The third kappa shape index (κ3) is 3.60. The van der Waals surface area contributed by atoms with Crippen molar-refractivity contribution in [3.8, 4) is 0 Å². The van der Waals surface area contributed by atoms with Gasteiger partial charge in [-0.2, -0.15) is 0 Å². The predicted octanol–water partition coefficient (Wildman–Crippen LogP) is 3.57. The Labute approximate surface area is 125 Å². The molecule has 0 saturated carbocycles. The van der Waals surface area contributed by atoms with Gasteiger partial charge in [-0.3, -0.25) is 9.78 Å². The number of amides is 1. The second kappa shape index (κ2) is 7.43. The molecule has 0 aliphatic heterocycles. The molecule has 2 rings (SSSR count). The van der Waals surface area contributed by atoms with E-state index in [1.165, 1.54) is 0 Å². The fraction of sp³-hybridized carbons (Fsp3) is 0.294. The zero-order valence-electron chi connectivity index (χ0n) is 12.5. The van der Waals surface area contributed by atoms with Gasteiger partial charge in [0.2, 0.25) is 0 Å². The van der Waals surface area contributed by atoms with E-state index >= 15 is 0 Å². The molecule has 0 spiro atoms. The summed E-state index contributed by atoms with van der Waals surface area (Å²) in [7, 11) is 0. The van der Waals surface area contributed by atoms with Crippen LogP contribution in [0.25, 0.3) is 0 Å². The summed E-state index contributed by atoms with van der Waals surface area (Å²) in [5.74, 6) is -0.00953. The van der Waals surface area contributed by atoms with Crippen LogP contribution in [-0.2, 0) is 0 Å². The van der Waals surface area contributed by atoms with Crippen LogP contribution < -0.4 is 10.2 Å². The van der Waals surface area contributed by atoms with Crippen molar-refractivity contribution in [1.29, 1.82) is 0 Å². The number of rotatable bonds is 6. The van der Waals surface area contributed by atoms with Crippen molar-refractivity contribution in [3.05, 3.63) is 54.4 Å². The number of hydrogen-bond donors (Lipinski definition) is 1. The lowest BCUT2D eigenvalue weighted by molar-refractivity contribution is 0.0989. The van der Waals surface area contributed by atoms with E-state index in [9.17, 15) is 4.79 Å². The molecule has 0 radical (unpaired) electrons. The standard InChI is InChI=1S/C17H21N3O/c1-3-11-19-16-13-18-12-10-15(16)17(21)20(4-2)14-8-6-5-7-9-14/h5-10,12-13,19H,3-4,11H2,1-2H3. The van der Waals surface area contributed by atoms with E-state index in [0.717, 1.165) is 24.3 Å². The average Bonchev–Trinajstić information content (AvgIpc) is 2.55. The highest BCUT2D eigenvalue weighted by atomic mass is 16.2. The van der Waals surface area contributed by atoms with Crippen LogP contribution in [0.4, 0.5) is 11.4 Å². The van der Waals surface area contributed by atoms with Crippen LogP contribution >= 0.6 is 0 Å². The Bertz CT molecular complexity index is 584. The van der Waals surface area contributed by atoms with Gasteiger partial charge in [0.25, 0.3) is 5.91 Å². The molecule has 0 fully saturated rings. The third-order valence-electron chi connectivity index (χ3n) is 3.25. The van der Waals surface area contributed by atoms with Crippen molar-refractivity contribution in [2.75, 3.05) is 23.3 Å². The van der Waals surface area contributed by atoms with E-state index in [4.69, 9.17) is 0 Å². The van der Waals surface area contributed by atoms with Crippen molar-refractivity contribution in [1.82, 2.24) is 4.98 Å². The summed E-state index contributed by atoms with van der Waals surface area (Å²) in [6, 6.07) is 11.5. The van der Waals surface area contributed by atoms with Gasteiger partial charge < -0.3 is 10.2 Å². The average molecular weight is 283 g/mol. The number of nitrogens with zero attached hydrogens (tertiary/aromatic N) is 2. The summed E-state index contributed by atoms with van der Waals surface area (Å²) in [6.45, 7) is 5.51. The topological polar surface area (TPSA) is 45.2 Å². The Morgan fingerprint density at radius 3 is 2.62 bits per heavy atom. The Balaban J connectivity index is 2.30. The van der Waals surface area contributed by atoms with Gasteiger partial charge in [0.15, 0.2) is 0 Å². The molecular weight excluding hydrogens is 262 g/mol. The number of anilines is 2. The number of aromatic nitrogens is 1. The van der Waals surface area contributed by atoms with Gasteiger partial charge in [-0.15, -0.1) is 0 Å². The van der Waals surface area contributed by atoms with Crippen LogP contribution in [0, 0.1) is 0 Å². The van der Waals surface area contributed by atoms with E-state index in [2.05, 4.69) is 17.2 Å². The van der Waals surface area contributed by atoms with Crippen LogP contribution in [0.5, 0.6) is 0 Å². The molecule has 2 aromatic rings. The molecule has 1 heterocycles. The lowest BCUT2D eigenvalue weighted by atomic mass is 10.1. The maximum atomic E-state index is 12.8. The Kier molecular flexibility index (Phi) is 5.32. The lowest BCUT2D eigenvalue weighted by Crippen LogP contribution is -2.31. The van der Waals surface area contributed by atoms with E-state index < -0.39 is 0 Å². The SMILES string of the molecule is CCCNc1cnccc1C(=O)N(CC)c1ccccc1. The minimum Gasteiger partial charge on any atom is -0.383 e. The van der Waals surface area contributed by atoms with Crippen molar-refractivity contribution in [2.45, 2.75) is 20.3 Å². The summed E-state index contributed by atoms with van der Waals surface area (Å²) in [5, 5.41) is 3.26. The fourth-order valence-corrected chi connectivity index (χ4v) is 2.18. The Morgan fingerprint density at radius 1 is 1.19 bits per heavy atom. The molecule has 0 atom stereocenters. The lowest BCUT2D eigenvalue weighted by Gasteiger charge is -2.22. The summed E-state index contributed by atoms with van der Waals surface area (Å²) >= 11 is 0. The summed E-state index contributed by atoms with van der Waals surface area (Å²) in [4.78, 5) is 18.7. The first-order valence-corrected chi connectivity index (χ1v) is 7.32. The molecule has 1 N–H and O–H groups in total. The first-order valence-electron chi connectivity index (χ1n) is 7.32. The number of pyridine rings is 1. The van der Waals surface area contributed by atoms with Crippen LogP contribution in [0.1, 0.15) is 30.6 Å². The number of carbonyl (C=O) groups is 1. The molecule has 4 heteroatoms. The first-order chi connectivity index (χ1) is 10.3. The van der Waals surface area contributed by atoms with Crippen LogP contribution in [-0.4, -0.2) is 24.0 Å². The minimum atomic E-state index is -0.00953. The largest absolute Gasteiger partial charge is 0.383 e. The molecule has 4 nitrogen and oxygen atoms in total. The molecule has 1 amide bonds.